The van der Waals surface area contributed by atoms with E-state index in [4.69, 9.17) is 4.74 Å². The SMILES string of the molecule is CCCOc1ccc(CN2CCN(CCN3[C@H](C)CC[C@H]3C)CC2)cc1. The molecular formula is C22H37N3O. The summed E-state index contributed by atoms with van der Waals surface area (Å²) in [5.41, 5.74) is 1.39. The first kappa shape index (κ1) is 19.7. The third kappa shape index (κ3) is 5.45. The molecule has 0 aromatic heterocycles. The molecule has 4 heteroatoms. The maximum atomic E-state index is 5.67. The van der Waals surface area contributed by atoms with Crippen LogP contribution in [0.15, 0.2) is 24.3 Å². The summed E-state index contributed by atoms with van der Waals surface area (Å²) in [4.78, 5) is 7.93. The largest absolute Gasteiger partial charge is 0.494 e. The smallest absolute Gasteiger partial charge is 0.119 e. The highest BCUT2D eigenvalue weighted by molar-refractivity contribution is 5.27. The van der Waals surface area contributed by atoms with Crippen LogP contribution in [-0.2, 0) is 6.54 Å². The second kappa shape index (κ2) is 9.72. The van der Waals surface area contributed by atoms with Gasteiger partial charge in [-0.3, -0.25) is 14.7 Å². The summed E-state index contributed by atoms with van der Waals surface area (Å²) in [5, 5.41) is 0. The zero-order chi connectivity index (χ0) is 18.4. The summed E-state index contributed by atoms with van der Waals surface area (Å²) >= 11 is 0. The van der Waals surface area contributed by atoms with Crippen molar-refractivity contribution < 1.29 is 4.74 Å². The van der Waals surface area contributed by atoms with Gasteiger partial charge in [0, 0.05) is 57.9 Å². The molecule has 1 aromatic rings. The Morgan fingerprint density at radius 3 is 2.12 bits per heavy atom. The van der Waals surface area contributed by atoms with Gasteiger partial charge in [-0.25, -0.2) is 0 Å². The summed E-state index contributed by atoms with van der Waals surface area (Å²) in [7, 11) is 0. The van der Waals surface area contributed by atoms with Crippen LogP contribution in [0.25, 0.3) is 0 Å². The highest BCUT2D eigenvalue weighted by atomic mass is 16.5. The zero-order valence-corrected chi connectivity index (χ0v) is 17.0. The first-order valence-corrected chi connectivity index (χ1v) is 10.6. The Labute approximate surface area is 160 Å². The molecule has 2 heterocycles. The Balaban J connectivity index is 1.37. The summed E-state index contributed by atoms with van der Waals surface area (Å²) in [5.74, 6) is 0.991. The van der Waals surface area contributed by atoms with Crippen LogP contribution >= 0.6 is 0 Å². The predicted octanol–water partition coefficient (Wildman–Crippen LogP) is 3.47. The average molecular weight is 360 g/mol. The van der Waals surface area contributed by atoms with Gasteiger partial charge in [-0.1, -0.05) is 19.1 Å². The molecule has 0 aliphatic carbocycles. The van der Waals surface area contributed by atoms with Gasteiger partial charge >= 0.3 is 0 Å². The van der Waals surface area contributed by atoms with E-state index in [-0.39, 0.29) is 0 Å². The van der Waals surface area contributed by atoms with Crippen molar-refractivity contribution in [2.45, 2.75) is 58.7 Å². The molecule has 2 atom stereocenters. The quantitative estimate of drug-likeness (QED) is 0.707. The summed E-state index contributed by atoms with van der Waals surface area (Å²) in [6.07, 6.45) is 3.80. The fraction of sp³-hybridized carbons (Fsp3) is 0.727. The molecule has 0 spiro atoms. The number of hydrogen-bond donors (Lipinski definition) is 0. The fourth-order valence-corrected chi connectivity index (χ4v) is 4.29. The van der Waals surface area contributed by atoms with E-state index in [2.05, 4.69) is 59.7 Å². The molecule has 2 fully saturated rings. The van der Waals surface area contributed by atoms with Gasteiger partial charge in [-0.15, -0.1) is 0 Å². The van der Waals surface area contributed by atoms with Gasteiger partial charge in [0.05, 0.1) is 6.61 Å². The summed E-state index contributed by atoms with van der Waals surface area (Å²) in [6, 6.07) is 10.2. The Kier molecular flexibility index (Phi) is 7.35. The van der Waals surface area contributed by atoms with Crippen LogP contribution < -0.4 is 4.74 Å². The van der Waals surface area contributed by atoms with E-state index in [1.54, 1.807) is 0 Å². The van der Waals surface area contributed by atoms with Crippen molar-refractivity contribution in [1.29, 1.82) is 0 Å². The molecule has 1 aromatic carbocycles. The van der Waals surface area contributed by atoms with Crippen molar-refractivity contribution in [2.75, 3.05) is 45.9 Å². The molecule has 2 aliphatic rings. The topological polar surface area (TPSA) is 19.0 Å². The van der Waals surface area contributed by atoms with Crippen LogP contribution in [-0.4, -0.2) is 72.7 Å². The van der Waals surface area contributed by atoms with Gasteiger partial charge < -0.3 is 4.74 Å². The molecule has 0 saturated carbocycles. The Bertz CT molecular complexity index is 515. The number of benzene rings is 1. The van der Waals surface area contributed by atoms with Crippen molar-refractivity contribution >= 4 is 0 Å². The van der Waals surface area contributed by atoms with Crippen LogP contribution in [0, 0.1) is 0 Å². The minimum absolute atomic E-state index is 0.774. The van der Waals surface area contributed by atoms with E-state index in [0.717, 1.165) is 37.4 Å². The Hall–Kier alpha value is -1.10. The second-order valence-electron chi connectivity index (χ2n) is 8.12. The lowest BCUT2D eigenvalue weighted by Crippen LogP contribution is -2.48. The van der Waals surface area contributed by atoms with Gasteiger partial charge in [0.15, 0.2) is 0 Å². The molecule has 2 saturated heterocycles. The highest BCUT2D eigenvalue weighted by Crippen LogP contribution is 2.23. The van der Waals surface area contributed by atoms with E-state index in [1.807, 2.05) is 0 Å². The first-order valence-electron chi connectivity index (χ1n) is 10.6. The lowest BCUT2D eigenvalue weighted by molar-refractivity contribution is 0.106. The van der Waals surface area contributed by atoms with Gasteiger partial charge in [-0.2, -0.15) is 0 Å². The van der Waals surface area contributed by atoms with Crippen LogP contribution in [0.3, 0.4) is 0 Å². The van der Waals surface area contributed by atoms with E-state index in [1.165, 1.54) is 57.7 Å². The van der Waals surface area contributed by atoms with Crippen molar-refractivity contribution in [3.05, 3.63) is 29.8 Å². The van der Waals surface area contributed by atoms with Crippen molar-refractivity contribution in [3.63, 3.8) is 0 Å². The van der Waals surface area contributed by atoms with E-state index in [9.17, 15) is 0 Å². The zero-order valence-electron chi connectivity index (χ0n) is 17.0. The number of likely N-dealkylation sites (tertiary alicyclic amines) is 1. The van der Waals surface area contributed by atoms with Gasteiger partial charge in [0.2, 0.25) is 0 Å². The molecule has 0 unspecified atom stereocenters. The Morgan fingerprint density at radius 1 is 0.885 bits per heavy atom. The molecule has 4 nitrogen and oxygen atoms in total. The highest BCUT2D eigenvalue weighted by Gasteiger charge is 2.27. The third-order valence-corrected chi connectivity index (χ3v) is 6.08. The maximum Gasteiger partial charge on any atom is 0.119 e. The molecule has 0 bridgehead atoms. The minimum Gasteiger partial charge on any atom is -0.494 e. The predicted molar refractivity (Wildman–Crippen MR) is 109 cm³/mol. The molecule has 26 heavy (non-hydrogen) atoms. The Morgan fingerprint density at radius 2 is 1.50 bits per heavy atom. The van der Waals surface area contributed by atoms with E-state index < -0.39 is 0 Å². The number of ether oxygens (including phenoxy) is 1. The van der Waals surface area contributed by atoms with Gasteiger partial charge in [0.1, 0.15) is 5.75 Å². The van der Waals surface area contributed by atoms with Crippen LogP contribution in [0.2, 0.25) is 0 Å². The molecule has 0 radical (unpaired) electrons. The first-order chi connectivity index (χ1) is 12.7. The monoisotopic (exact) mass is 359 g/mol. The lowest BCUT2D eigenvalue weighted by Gasteiger charge is -2.36. The number of nitrogens with zero attached hydrogens (tertiary/aromatic N) is 3. The number of rotatable bonds is 8. The van der Waals surface area contributed by atoms with Crippen molar-refractivity contribution in [1.82, 2.24) is 14.7 Å². The molecule has 146 valence electrons. The average Bonchev–Trinajstić information content (AvgIpc) is 2.98. The van der Waals surface area contributed by atoms with Crippen LogP contribution in [0.4, 0.5) is 0 Å². The van der Waals surface area contributed by atoms with Crippen molar-refractivity contribution in [3.8, 4) is 5.75 Å². The van der Waals surface area contributed by atoms with Gasteiger partial charge in [0.25, 0.3) is 0 Å². The fourth-order valence-electron chi connectivity index (χ4n) is 4.29. The molecule has 0 amide bonds. The maximum absolute atomic E-state index is 5.67. The van der Waals surface area contributed by atoms with Gasteiger partial charge in [-0.05, 0) is 50.8 Å². The third-order valence-electron chi connectivity index (χ3n) is 6.08. The summed E-state index contributed by atoms with van der Waals surface area (Å²) < 4.78 is 5.67. The number of hydrogen-bond acceptors (Lipinski definition) is 4. The number of piperazine rings is 1. The second-order valence-corrected chi connectivity index (χ2v) is 8.12. The van der Waals surface area contributed by atoms with Crippen LogP contribution in [0.1, 0.15) is 45.6 Å². The van der Waals surface area contributed by atoms with E-state index >= 15 is 0 Å². The normalized spacial score (nSPS) is 25.7. The molecular weight excluding hydrogens is 322 g/mol. The minimum atomic E-state index is 0.774. The van der Waals surface area contributed by atoms with Crippen molar-refractivity contribution in [2.24, 2.45) is 0 Å². The molecule has 0 N–H and O–H groups in total. The van der Waals surface area contributed by atoms with E-state index in [0.29, 0.717) is 0 Å². The lowest BCUT2D eigenvalue weighted by atomic mass is 10.2. The molecule has 3 rings (SSSR count). The summed E-state index contributed by atoms with van der Waals surface area (Å²) in [6.45, 7) is 16.0. The standard InChI is InChI=1S/C22H37N3O/c1-4-17-26-22-9-7-21(8-10-22)18-24-13-11-23(12-14-24)15-16-25-19(2)5-6-20(25)3/h7-10,19-20H,4-6,11-18H2,1-3H3/t19-,20-/m1/s1. The molecule has 2 aliphatic heterocycles. The van der Waals surface area contributed by atoms with Crippen LogP contribution in [0.5, 0.6) is 5.75 Å².